The van der Waals surface area contributed by atoms with Crippen LogP contribution in [0, 0.1) is 11.6 Å². The molecule has 0 unspecified atom stereocenters. The summed E-state index contributed by atoms with van der Waals surface area (Å²) in [5.41, 5.74) is 0.474. The topological polar surface area (TPSA) is 79.0 Å². The van der Waals surface area contributed by atoms with E-state index >= 15 is 0 Å². The zero-order valence-corrected chi connectivity index (χ0v) is 16.8. The van der Waals surface area contributed by atoms with Crippen LogP contribution in [0.3, 0.4) is 0 Å². The van der Waals surface area contributed by atoms with Crippen LogP contribution in [0.25, 0.3) is 0 Å². The van der Waals surface area contributed by atoms with Gasteiger partial charge in [-0.2, -0.15) is 0 Å². The molecule has 0 radical (unpaired) electrons. The first-order chi connectivity index (χ1) is 14.9. The maximum atomic E-state index is 14.0. The summed E-state index contributed by atoms with van der Waals surface area (Å²) in [6, 6.07) is 9.02. The van der Waals surface area contributed by atoms with Crippen LogP contribution in [-0.4, -0.2) is 66.3 Å². The molecule has 31 heavy (non-hydrogen) atoms. The van der Waals surface area contributed by atoms with Gasteiger partial charge in [0.2, 0.25) is 11.8 Å². The summed E-state index contributed by atoms with van der Waals surface area (Å²) in [7, 11) is 1.56. The van der Waals surface area contributed by atoms with Crippen molar-refractivity contribution in [2.45, 2.75) is 18.5 Å². The van der Waals surface area contributed by atoms with Crippen molar-refractivity contribution in [1.82, 2.24) is 15.1 Å². The van der Waals surface area contributed by atoms with Gasteiger partial charge in [-0.3, -0.25) is 14.4 Å². The first-order valence-electron chi connectivity index (χ1n) is 9.86. The van der Waals surface area contributed by atoms with E-state index < -0.39 is 35.2 Å². The number of carbonyl (C=O) groups excluding carboxylic acids is 3. The van der Waals surface area contributed by atoms with Gasteiger partial charge in [-0.25, -0.2) is 8.78 Å². The Hall–Kier alpha value is -3.49. The molecule has 162 valence electrons. The standard InChI is InChI=1S/C22H21F2N3O4/c1-31-14-7-5-13(6-8-14)11-17-22(30)27-10-9-26(12-18(27)20(28)25-17)21(29)15-3-2-4-16(23)19(15)24/h2-8,17-18H,9-12H2,1H3,(H,25,28)/t17-,18+/m0/s1. The number of halogens is 2. The van der Waals surface area contributed by atoms with E-state index in [9.17, 15) is 23.2 Å². The summed E-state index contributed by atoms with van der Waals surface area (Å²) < 4.78 is 32.6. The minimum atomic E-state index is -1.22. The van der Waals surface area contributed by atoms with E-state index in [2.05, 4.69) is 5.32 Å². The van der Waals surface area contributed by atoms with E-state index in [0.717, 1.165) is 11.6 Å². The largest absolute Gasteiger partial charge is 0.497 e. The molecule has 2 fully saturated rings. The van der Waals surface area contributed by atoms with Gasteiger partial charge < -0.3 is 19.9 Å². The van der Waals surface area contributed by atoms with Gasteiger partial charge in [0.05, 0.1) is 19.2 Å². The number of ether oxygens (including phenoxy) is 1. The van der Waals surface area contributed by atoms with Crippen LogP contribution < -0.4 is 10.1 Å². The SMILES string of the molecule is COc1ccc(C[C@@H]2NC(=O)[C@H]3CN(C(=O)c4cccc(F)c4F)CCN3C2=O)cc1. The Bertz CT molecular complexity index is 1030. The van der Waals surface area contributed by atoms with Crippen LogP contribution in [0.15, 0.2) is 42.5 Å². The molecular formula is C22H21F2N3O4. The third-order valence-electron chi connectivity index (χ3n) is 5.65. The molecule has 2 aromatic carbocycles. The van der Waals surface area contributed by atoms with Crippen LogP contribution in [0.1, 0.15) is 15.9 Å². The Balaban J connectivity index is 1.46. The van der Waals surface area contributed by atoms with Crippen LogP contribution in [0.2, 0.25) is 0 Å². The van der Waals surface area contributed by atoms with Crippen molar-refractivity contribution in [2.75, 3.05) is 26.7 Å². The summed E-state index contributed by atoms with van der Waals surface area (Å²) in [5, 5.41) is 2.73. The Labute approximate surface area is 177 Å². The third kappa shape index (κ3) is 3.95. The summed E-state index contributed by atoms with van der Waals surface area (Å²) >= 11 is 0. The molecular weight excluding hydrogens is 408 g/mol. The summed E-state index contributed by atoms with van der Waals surface area (Å²) in [6.45, 7) is 0.180. The first-order valence-corrected chi connectivity index (χ1v) is 9.86. The van der Waals surface area contributed by atoms with E-state index in [1.54, 1.807) is 19.2 Å². The molecule has 0 bridgehead atoms. The third-order valence-corrected chi connectivity index (χ3v) is 5.65. The Morgan fingerprint density at radius 2 is 1.87 bits per heavy atom. The number of benzene rings is 2. The maximum absolute atomic E-state index is 14.0. The molecule has 0 aliphatic carbocycles. The number of nitrogens with zero attached hydrogens (tertiary/aromatic N) is 2. The number of hydrogen-bond donors (Lipinski definition) is 1. The molecule has 0 saturated carbocycles. The number of methoxy groups -OCH3 is 1. The predicted octanol–water partition coefficient (Wildman–Crippen LogP) is 1.37. The highest BCUT2D eigenvalue weighted by Gasteiger charge is 2.44. The number of piperazine rings is 2. The molecule has 7 nitrogen and oxygen atoms in total. The van der Waals surface area contributed by atoms with Gasteiger partial charge in [-0.1, -0.05) is 18.2 Å². The number of nitrogens with one attached hydrogen (secondary N) is 1. The molecule has 2 atom stereocenters. The Kier molecular flexibility index (Phi) is 5.58. The van der Waals surface area contributed by atoms with Crippen molar-refractivity contribution in [2.24, 2.45) is 0 Å². The average molecular weight is 429 g/mol. The zero-order chi connectivity index (χ0) is 22.1. The minimum Gasteiger partial charge on any atom is -0.497 e. The zero-order valence-electron chi connectivity index (χ0n) is 16.8. The molecule has 1 N–H and O–H groups in total. The van der Waals surface area contributed by atoms with Gasteiger partial charge in [0.1, 0.15) is 17.8 Å². The van der Waals surface area contributed by atoms with Crippen molar-refractivity contribution in [1.29, 1.82) is 0 Å². The fraction of sp³-hybridized carbons (Fsp3) is 0.318. The second-order valence-electron chi connectivity index (χ2n) is 7.51. The second-order valence-corrected chi connectivity index (χ2v) is 7.51. The molecule has 2 saturated heterocycles. The Morgan fingerprint density at radius 1 is 1.13 bits per heavy atom. The number of hydrogen-bond acceptors (Lipinski definition) is 4. The van der Waals surface area contributed by atoms with Crippen molar-refractivity contribution in [3.05, 3.63) is 65.2 Å². The summed E-state index contributed by atoms with van der Waals surface area (Å²) in [4.78, 5) is 41.1. The summed E-state index contributed by atoms with van der Waals surface area (Å²) in [6.07, 6.45) is 0.328. The van der Waals surface area contributed by atoms with E-state index in [0.29, 0.717) is 12.2 Å². The Morgan fingerprint density at radius 3 is 2.58 bits per heavy atom. The molecule has 2 heterocycles. The lowest BCUT2D eigenvalue weighted by Gasteiger charge is -2.45. The highest BCUT2D eigenvalue weighted by atomic mass is 19.2. The van der Waals surface area contributed by atoms with Crippen molar-refractivity contribution >= 4 is 17.7 Å². The van der Waals surface area contributed by atoms with Gasteiger partial charge in [-0.05, 0) is 29.8 Å². The van der Waals surface area contributed by atoms with Gasteiger partial charge in [0.25, 0.3) is 5.91 Å². The molecule has 0 aromatic heterocycles. The van der Waals surface area contributed by atoms with Gasteiger partial charge >= 0.3 is 0 Å². The lowest BCUT2D eigenvalue weighted by atomic mass is 9.98. The molecule has 9 heteroatoms. The molecule has 2 aromatic rings. The fourth-order valence-electron chi connectivity index (χ4n) is 3.96. The van der Waals surface area contributed by atoms with Crippen molar-refractivity contribution in [3.63, 3.8) is 0 Å². The maximum Gasteiger partial charge on any atom is 0.257 e. The lowest BCUT2D eigenvalue weighted by molar-refractivity contribution is -0.152. The minimum absolute atomic E-state index is 0.0817. The average Bonchev–Trinajstić information content (AvgIpc) is 2.79. The predicted molar refractivity (Wildman–Crippen MR) is 106 cm³/mol. The van der Waals surface area contributed by atoms with Crippen LogP contribution in [-0.2, 0) is 16.0 Å². The monoisotopic (exact) mass is 429 g/mol. The van der Waals surface area contributed by atoms with Gasteiger partial charge in [0, 0.05) is 19.5 Å². The smallest absolute Gasteiger partial charge is 0.257 e. The number of rotatable bonds is 4. The fourth-order valence-corrected chi connectivity index (χ4v) is 3.96. The molecule has 0 spiro atoms. The highest BCUT2D eigenvalue weighted by Crippen LogP contribution is 2.22. The van der Waals surface area contributed by atoms with E-state index in [1.807, 2.05) is 12.1 Å². The van der Waals surface area contributed by atoms with Crippen molar-refractivity contribution in [3.8, 4) is 5.75 Å². The van der Waals surface area contributed by atoms with Crippen LogP contribution in [0.5, 0.6) is 5.75 Å². The van der Waals surface area contributed by atoms with Crippen LogP contribution >= 0.6 is 0 Å². The number of amides is 3. The van der Waals surface area contributed by atoms with Gasteiger partial charge in [-0.15, -0.1) is 0 Å². The van der Waals surface area contributed by atoms with Crippen LogP contribution in [0.4, 0.5) is 8.78 Å². The number of carbonyl (C=O) groups is 3. The number of fused-ring (bicyclic) bond motifs is 1. The lowest BCUT2D eigenvalue weighted by Crippen LogP contribution is -2.70. The summed E-state index contributed by atoms with van der Waals surface area (Å²) in [5.74, 6) is -2.97. The molecule has 2 aliphatic rings. The van der Waals surface area contributed by atoms with E-state index in [1.165, 1.54) is 21.9 Å². The quantitative estimate of drug-likeness (QED) is 0.796. The van der Waals surface area contributed by atoms with E-state index in [-0.39, 0.29) is 31.4 Å². The van der Waals surface area contributed by atoms with E-state index in [4.69, 9.17) is 4.74 Å². The van der Waals surface area contributed by atoms with Crippen molar-refractivity contribution < 1.29 is 27.9 Å². The molecule has 2 aliphatic heterocycles. The second kappa shape index (κ2) is 8.33. The molecule has 3 amide bonds. The highest BCUT2D eigenvalue weighted by molar-refractivity contribution is 5.99. The normalized spacial score (nSPS) is 20.9. The molecule has 4 rings (SSSR count). The first kappa shape index (κ1) is 20.8. The van der Waals surface area contributed by atoms with Gasteiger partial charge in [0.15, 0.2) is 11.6 Å².